The maximum Gasteiger partial charge on any atom is 0.205 e. The normalized spacial score (nSPS) is 10.8. The highest BCUT2D eigenvalue weighted by Crippen LogP contribution is 2.15. The van der Waals surface area contributed by atoms with Gasteiger partial charge in [-0.3, -0.25) is 4.90 Å². The van der Waals surface area contributed by atoms with Gasteiger partial charge in [-0.1, -0.05) is 11.3 Å². The molecule has 1 rings (SSSR count). The number of aromatic nitrogens is 2. The standard InChI is InChI=1S/C7H14N4OS/c1-8-7-10-9-6(13-7)5-11(2)3-4-12/h12H,3-5H2,1-2H3,(H,8,10). The monoisotopic (exact) mass is 202 g/mol. The fourth-order valence-electron chi connectivity index (χ4n) is 0.899. The molecule has 0 spiro atoms. The molecule has 0 aromatic carbocycles. The highest BCUT2D eigenvalue weighted by Gasteiger charge is 2.05. The predicted molar refractivity (Wildman–Crippen MR) is 52.9 cm³/mol. The van der Waals surface area contributed by atoms with Gasteiger partial charge < -0.3 is 10.4 Å². The summed E-state index contributed by atoms with van der Waals surface area (Å²) in [6.07, 6.45) is 0. The molecule has 74 valence electrons. The fourth-order valence-corrected chi connectivity index (χ4v) is 1.67. The highest BCUT2D eigenvalue weighted by molar-refractivity contribution is 7.15. The lowest BCUT2D eigenvalue weighted by Gasteiger charge is -2.11. The summed E-state index contributed by atoms with van der Waals surface area (Å²) in [5, 5.41) is 21.3. The second kappa shape index (κ2) is 5.11. The van der Waals surface area contributed by atoms with Crippen LogP contribution in [0.25, 0.3) is 0 Å². The summed E-state index contributed by atoms with van der Waals surface area (Å²) >= 11 is 1.53. The zero-order valence-electron chi connectivity index (χ0n) is 7.82. The van der Waals surface area contributed by atoms with Gasteiger partial charge in [-0.2, -0.15) is 0 Å². The molecule has 0 aliphatic carbocycles. The van der Waals surface area contributed by atoms with Gasteiger partial charge in [0.2, 0.25) is 5.13 Å². The van der Waals surface area contributed by atoms with Gasteiger partial charge in [0, 0.05) is 13.6 Å². The summed E-state index contributed by atoms with van der Waals surface area (Å²) in [7, 11) is 3.76. The van der Waals surface area contributed by atoms with Crippen molar-refractivity contribution in [2.75, 3.05) is 32.6 Å². The molecule has 0 fully saturated rings. The topological polar surface area (TPSA) is 61.3 Å². The third-order valence-electron chi connectivity index (χ3n) is 1.57. The van der Waals surface area contributed by atoms with Gasteiger partial charge in [-0.15, -0.1) is 10.2 Å². The van der Waals surface area contributed by atoms with Crippen LogP contribution in [0.15, 0.2) is 0 Å². The van der Waals surface area contributed by atoms with E-state index < -0.39 is 0 Å². The van der Waals surface area contributed by atoms with Crippen LogP contribution in [0.4, 0.5) is 5.13 Å². The van der Waals surface area contributed by atoms with E-state index in [-0.39, 0.29) is 6.61 Å². The molecule has 2 N–H and O–H groups in total. The second-order valence-electron chi connectivity index (χ2n) is 2.71. The Morgan fingerprint density at radius 1 is 1.54 bits per heavy atom. The number of aliphatic hydroxyl groups is 1. The first-order chi connectivity index (χ1) is 6.26. The molecule has 6 heteroatoms. The van der Waals surface area contributed by atoms with Crippen molar-refractivity contribution >= 4 is 16.5 Å². The average Bonchev–Trinajstić information content (AvgIpc) is 2.52. The van der Waals surface area contributed by atoms with Crippen molar-refractivity contribution in [1.29, 1.82) is 0 Å². The van der Waals surface area contributed by atoms with Crippen molar-refractivity contribution in [3.8, 4) is 0 Å². The maximum absolute atomic E-state index is 8.68. The molecule has 0 aliphatic heterocycles. The number of nitrogens with zero attached hydrogens (tertiary/aromatic N) is 3. The summed E-state index contributed by atoms with van der Waals surface area (Å²) in [6.45, 7) is 1.57. The van der Waals surface area contributed by atoms with Gasteiger partial charge in [0.1, 0.15) is 5.01 Å². The quantitative estimate of drug-likeness (QED) is 0.704. The first kappa shape index (κ1) is 10.4. The molecule has 0 saturated heterocycles. The van der Waals surface area contributed by atoms with Crippen molar-refractivity contribution in [2.45, 2.75) is 6.54 Å². The first-order valence-corrected chi connectivity index (χ1v) is 4.87. The molecule has 1 heterocycles. The van der Waals surface area contributed by atoms with E-state index in [4.69, 9.17) is 5.11 Å². The number of nitrogens with one attached hydrogen (secondary N) is 1. The minimum atomic E-state index is 0.175. The van der Waals surface area contributed by atoms with E-state index in [1.54, 1.807) is 0 Å². The lowest BCUT2D eigenvalue weighted by Crippen LogP contribution is -2.21. The number of aliphatic hydroxyl groups excluding tert-OH is 1. The van der Waals surface area contributed by atoms with Crippen LogP contribution in [-0.2, 0) is 6.54 Å². The van der Waals surface area contributed by atoms with E-state index in [1.807, 2.05) is 19.0 Å². The maximum atomic E-state index is 8.68. The number of hydrogen-bond donors (Lipinski definition) is 2. The van der Waals surface area contributed by atoms with Crippen LogP contribution in [0.5, 0.6) is 0 Å². The van der Waals surface area contributed by atoms with Gasteiger partial charge in [-0.25, -0.2) is 0 Å². The van der Waals surface area contributed by atoms with Gasteiger partial charge in [-0.05, 0) is 7.05 Å². The lowest BCUT2D eigenvalue weighted by molar-refractivity contribution is 0.217. The second-order valence-corrected chi connectivity index (χ2v) is 3.77. The smallest absolute Gasteiger partial charge is 0.205 e. The first-order valence-electron chi connectivity index (χ1n) is 4.05. The average molecular weight is 202 g/mol. The SMILES string of the molecule is CNc1nnc(CN(C)CCO)s1. The van der Waals surface area contributed by atoms with Crippen molar-refractivity contribution < 1.29 is 5.11 Å². The molecule has 0 saturated carbocycles. The molecular formula is C7H14N4OS. The Hall–Kier alpha value is -0.720. The molecule has 5 nitrogen and oxygen atoms in total. The molecule has 0 atom stereocenters. The molecule has 0 aliphatic rings. The molecule has 0 amide bonds. The minimum absolute atomic E-state index is 0.175. The van der Waals surface area contributed by atoms with Gasteiger partial charge in [0.25, 0.3) is 0 Å². The van der Waals surface area contributed by atoms with E-state index in [0.717, 1.165) is 16.7 Å². The van der Waals surface area contributed by atoms with Crippen molar-refractivity contribution in [3.05, 3.63) is 5.01 Å². The molecule has 0 bridgehead atoms. The van der Waals surface area contributed by atoms with Crippen LogP contribution in [0.2, 0.25) is 0 Å². The molecule has 1 aromatic rings. The van der Waals surface area contributed by atoms with Crippen LogP contribution < -0.4 is 5.32 Å². The Morgan fingerprint density at radius 2 is 2.31 bits per heavy atom. The van der Waals surface area contributed by atoms with E-state index in [1.165, 1.54) is 11.3 Å². The Kier molecular flexibility index (Phi) is 4.07. The van der Waals surface area contributed by atoms with Crippen molar-refractivity contribution in [1.82, 2.24) is 15.1 Å². The fraction of sp³-hybridized carbons (Fsp3) is 0.714. The number of rotatable bonds is 5. The van der Waals surface area contributed by atoms with Crippen LogP contribution in [0.1, 0.15) is 5.01 Å². The van der Waals surface area contributed by atoms with E-state index in [0.29, 0.717) is 6.54 Å². The summed E-state index contributed by atoms with van der Waals surface area (Å²) in [6, 6.07) is 0. The van der Waals surface area contributed by atoms with Crippen LogP contribution in [-0.4, -0.2) is 47.5 Å². The largest absolute Gasteiger partial charge is 0.395 e. The van der Waals surface area contributed by atoms with Gasteiger partial charge >= 0.3 is 0 Å². The molecule has 1 aromatic heterocycles. The zero-order valence-corrected chi connectivity index (χ0v) is 8.63. The van der Waals surface area contributed by atoms with Gasteiger partial charge in [0.15, 0.2) is 0 Å². The van der Waals surface area contributed by atoms with Crippen LogP contribution in [0.3, 0.4) is 0 Å². The predicted octanol–water partition coefficient (Wildman–Crippen LogP) is 0.00390. The Labute approximate surface area is 81.4 Å². The zero-order chi connectivity index (χ0) is 9.68. The molecular weight excluding hydrogens is 188 g/mol. The van der Waals surface area contributed by atoms with Crippen molar-refractivity contribution in [3.63, 3.8) is 0 Å². The highest BCUT2D eigenvalue weighted by atomic mass is 32.1. The Balaban J connectivity index is 2.44. The van der Waals surface area contributed by atoms with E-state index in [2.05, 4.69) is 15.5 Å². The lowest BCUT2D eigenvalue weighted by atomic mass is 10.5. The number of anilines is 1. The minimum Gasteiger partial charge on any atom is -0.395 e. The Morgan fingerprint density at radius 3 is 2.85 bits per heavy atom. The summed E-state index contributed by atoms with van der Waals surface area (Å²) < 4.78 is 0. The molecule has 0 unspecified atom stereocenters. The van der Waals surface area contributed by atoms with Crippen LogP contribution >= 0.6 is 11.3 Å². The molecule has 13 heavy (non-hydrogen) atoms. The Bertz CT molecular complexity index is 252. The number of hydrogen-bond acceptors (Lipinski definition) is 6. The summed E-state index contributed by atoms with van der Waals surface area (Å²) in [5.41, 5.74) is 0. The van der Waals surface area contributed by atoms with Gasteiger partial charge in [0.05, 0.1) is 13.2 Å². The third kappa shape index (κ3) is 3.25. The molecule has 0 radical (unpaired) electrons. The van der Waals surface area contributed by atoms with E-state index in [9.17, 15) is 0 Å². The number of likely N-dealkylation sites (N-methyl/N-ethyl adjacent to an activating group) is 1. The summed E-state index contributed by atoms with van der Waals surface area (Å²) in [5.74, 6) is 0. The summed E-state index contributed by atoms with van der Waals surface area (Å²) in [4.78, 5) is 2.00. The third-order valence-corrected chi connectivity index (χ3v) is 2.49. The van der Waals surface area contributed by atoms with Crippen molar-refractivity contribution in [2.24, 2.45) is 0 Å². The van der Waals surface area contributed by atoms with E-state index >= 15 is 0 Å². The van der Waals surface area contributed by atoms with Crippen LogP contribution in [0, 0.1) is 0 Å².